The van der Waals surface area contributed by atoms with E-state index in [1.54, 1.807) is 0 Å². The SMILES string of the molecule is N#Cc1c(-n2c3ccccc3c3ccc4c(c5ccccc5n4-c4ccccc4)c32)cc(-c2nc(-c3ccccc3)nc3oc4ccccc4c23)cc1-n1c2ccccc2c2ccc3c(c4ccccc4n3-c3ccccc3)c21. The molecule has 6 aromatic heterocycles. The van der Waals surface area contributed by atoms with E-state index in [9.17, 15) is 5.26 Å². The van der Waals surface area contributed by atoms with Gasteiger partial charge in [-0.25, -0.2) is 4.98 Å². The average Bonchev–Trinajstić information content (AvgIpc) is 3.77. The Balaban J connectivity index is 1.09. The van der Waals surface area contributed by atoms with E-state index in [1.807, 2.05) is 48.5 Å². The highest BCUT2D eigenvalue weighted by Crippen LogP contribution is 2.48. The summed E-state index contributed by atoms with van der Waals surface area (Å²) < 4.78 is 16.1. The van der Waals surface area contributed by atoms with Crippen molar-refractivity contribution in [2.24, 2.45) is 0 Å². The third kappa shape index (κ3) is 6.07. The number of nitriles is 1. The minimum Gasteiger partial charge on any atom is -0.438 e. The van der Waals surface area contributed by atoms with Crippen molar-refractivity contribution in [3.8, 4) is 51.5 Å². The van der Waals surface area contributed by atoms with Gasteiger partial charge in [-0.3, -0.25) is 0 Å². The Morgan fingerprint density at radius 3 is 1.28 bits per heavy atom. The predicted molar refractivity (Wildman–Crippen MR) is 322 cm³/mol. The number of hydrogen-bond acceptors (Lipinski definition) is 4. The van der Waals surface area contributed by atoms with Gasteiger partial charge in [0.2, 0.25) is 5.71 Å². The van der Waals surface area contributed by atoms with Gasteiger partial charge in [0.1, 0.15) is 17.2 Å². The summed E-state index contributed by atoms with van der Waals surface area (Å²) in [5.74, 6) is 0.536. The first-order valence-electron chi connectivity index (χ1n) is 26.6. The number of aromatic nitrogens is 6. The topological polar surface area (TPSA) is 82.4 Å². The van der Waals surface area contributed by atoms with Crippen molar-refractivity contribution in [2.75, 3.05) is 0 Å². The van der Waals surface area contributed by atoms with Gasteiger partial charge in [0.05, 0.1) is 66.6 Å². The molecule has 0 amide bonds. The van der Waals surface area contributed by atoms with Crippen LogP contribution in [0.4, 0.5) is 0 Å². The molecule has 0 N–H and O–H groups in total. The molecule has 0 aliphatic heterocycles. The molecule has 8 heteroatoms. The van der Waals surface area contributed by atoms with Gasteiger partial charge in [-0.1, -0.05) is 170 Å². The summed E-state index contributed by atoms with van der Waals surface area (Å²) in [4.78, 5) is 10.7. The molecule has 0 saturated heterocycles. The third-order valence-electron chi connectivity index (χ3n) is 16.2. The molecule has 366 valence electrons. The summed E-state index contributed by atoms with van der Waals surface area (Å²) in [7, 11) is 0. The lowest BCUT2D eigenvalue weighted by Crippen LogP contribution is -2.06. The quantitative estimate of drug-likeness (QED) is 0.166. The van der Waals surface area contributed by atoms with Crippen LogP contribution < -0.4 is 0 Å². The molecule has 0 atom stereocenters. The highest BCUT2D eigenvalue weighted by molar-refractivity contribution is 6.28. The van der Waals surface area contributed by atoms with Crippen molar-refractivity contribution in [2.45, 2.75) is 0 Å². The van der Waals surface area contributed by atoms with Crippen molar-refractivity contribution >= 4 is 109 Å². The zero-order valence-electron chi connectivity index (χ0n) is 42.2. The molecule has 8 nitrogen and oxygen atoms in total. The van der Waals surface area contributed by atoms with Crippen molar-refractivity contribution in [3.05, 3.63) is 254 Å². The van der Waals surface area contributed by atoms with Crippen LogP contribution in [0, 0.1) is 11.3 Å². The van der Waals surface area contributed by atoms with Gasteiger partial charge in [-0.2, -0.15) is 10.2 Å². The number of fused-ring (bicyclic) bond motifs is 17. The normalized spacial score (nSPS) is 12.0. The summed E-state index contributed by atoms with van der Waals surface area (Å²) >= 11 is 0. The standard InChI is InChI=1S/C71H41N7O/c72-42-54-61(77-55-31-15-10-26-47(55)49-36-38-59-64(68(49)77)51-28-12-17-33-57(51)75(59)45-22-6-2-7-23-45)40-44(67-66-53-30-14-19-35-63(53)79-71(66)74-70(73-67)43-20-4-1-5-21-43)41-62(54)78-56-32-16-11-27-48(56)50-37-39-60-65(69(50)78)52-29-13-18-34-58(52)76(60)46-24-8-3-9-25-46/h1-41H. The first-order chi connectivity index (χ1) is 39.2. The average molecular weight is 1010 g/mol. The number of nitrogens with zero attached hydrogens (tertiary/aromatic N) is 7. The monoisotopic (exact) mass is 1010 g/mol. The second-order valence-electron chi connectivity index (χ2n) is 20.3. The van der Waals surface area contributed by atoms with Crippen LogP contribution in [0.2, 0.25) is 0 Å². The number of furan rings is 1. The van der Waals surface area contributed by atoms with E-state index in [0.29, 0.717) is 28.4 Å². The fourth-order valence-electron chi connectivity index (χ4n) is 13.0. The van der Waals surface area contributed by atoms with E-state index in [2.05, 4.69) is 225 Å². The highest BCUT2D eigenvalue weighted by atomic mass is 16.3. The summed E-state index contributed by atoms with van der Waals surface area (Å²) in [6, 6.07) is 90.2. The third-order valence-corrected chi connectivity index (χ3v) is 16.2. The Morgan fingerprint density at radius 2 is 0.772 bits per heavy atom. The van der Waals surface area contributed by atoms with Crippen LogP contribution in [0.25, 0.3) is 155 Å². The molecule has 79 heavy (non-hydrogen) atoms. The minimum atomic E-state index is 0.483. The zero-order valence-corrected chi connectivity index (χ0v) is 42.2. The summed E-state index contributed by atoms with van der Waals surface area (Å²) in [5, 5.41) is 22.8. The van der Waals surface area contributed by atoms with Crippen LogP contribution in [-0.4, -0.2) is 28.2 Å². The van der Waals surface area contributed by atoms with E-state index >= 15 is 0 Å². The van der Waals surface area contributed by atoms with E-state index < -0.39 is 0 Å². The Hall–Kier alpha value is -11.0. The van der Waals surface area contributed by atoms with Gasteiger partial charge in [-0.15, -0.1) is 0 Å². The Bertz CT molecular complexity index is 5190. The van der Waals surface area contributed by atoms with Crippen LogP contribution >= 0.6 is 0 Å². The van der Waals surface area contributed by atoms with Crippen LogP contribution in [0.15, 0.2) is 253 Å². The number of para-hydroxylation sites is 7. The van der Waals surface area contributed by atoms with Gasteiger partial charge in [-0.05, 0) is 78.9 Å². The molecule has 0 fully saturated rings. The zero-order chi connectivity index (χ0) is 51.9. The van der Waals surface area contributed by atoms with Gasteiger partial charge in [0, 0.05) is 71.0 Å². The molecular weight excluding hydrogens is 967 g/mol. The second-order valence-corrected chi connectivity index (χ2v) is 20.3. The predicted octanol–water partition coefficient (Wildman–Crippen LogP) is 18.0. The molecule has 6 heterocycles. The fraction of sp³-hybridized carbons (Fsp3) is 0. The molecule has 0 unspecified atom stereocenters. The smallest absolute Gasteiger partial charge is 0.231 e. The van der Waals surface area contributed by atoms with E-state index in [1.165, 1.54) is 0 Å². The Morgan fingerprint density at radius 1 is 0.342 bits per heavy atom. The maximum atomic E-state index is 12.4. The van der Waals surface area contributed by atoms with Gasteiger partial charge >= 0.3 is 0 Å². The molecule has 0 saturated carbocycles. The first kappa shape index (κ1) is 43.3. The Kier molecular flexibility index (Phi) is 9.03. The van der Waals surface area contributed by atoms with E-state index in [0.717, 1.165) is 132 Å². The largest absolute Gasteiger partial charge is 0.438 e. The fourth-order valence-corrected chi connectivity index (χ4v) is 13.0. The lowest BCUT2D eigenvalue weighted by molar-refractivity contribution is 0.653. The highest BCUT2D eigenvalue weighted by Gasteiger charge is 2.29. The molecule has 0 aliphatic rings. The van der Waals surface area contributed by atoms with E-state index in [-0.39, 0.29) is 0 Å². The molecule has 0 aliphatic carbocycles. The van der Waals surface area contributed by atoms with Crippen molar-refractivity contribution in [1.29, 1.82) is 5.26 Å². The molecule has 17 aromatic rings. The van der Waals surface area contributed by atoms with Crippen LogP contribution in [0.5, 0.6) is 0 Å². The summed E-state index contributed by atoms with van der Waals surface area (Å²) in [6.07, 6.45) is 0. The van der Waals surface area contributed by atoms with Crippen LogP contribution in [-0.2, 0) is 0 Å². The number of rotatable bonds is 6. The molecule has 17 rings (SSSR count). The van der Waals surface area contributed by atoms with Crippen LogP contribution in [0.1, 0.15) is 5.56 Å². The molecular formula is C71H41N7O. The maximum Gasteiger partial charge on any atom is 0.231 e. The van der Waals surface area contributed by atoms with Crippen molar-refractivity contribution in [1.82, 2.24) is 28.2 Å². The maximum absolute atomic E-state index is 12.4. The Labute approximate surface area is 450 Å². The number of benzene rings is 11. The molecule has 0 spiro atoms. The molecule has 0 bridgehead atoms. The summed E-state index contributed by atoms with van der Waals surface area (Å²) in [5.41, 5.74) is 15.9. The lowest BCUT2D eigenvalue weighted by atomic mass is 10.00. The van der Waals surface area contributed by atoms with Crippen molar-refractivity contribution in [3.63, 3.8) is 0 Å². The van der Waals surface area contributed by atoms with Gasteiger partial charge in [0.25, 0.3) is 0 Å². The van der Waals surface area contributed by atoms with Crippen LogP contribution in [0.3, 0.4) is 0 Å². The van der Waals surface area contributed by atoms with Gasteiger partial charge < -0.3 is 22.7 Å². The second kappa shape index (κ2) is 16.5. The molecule has 0 radical (unpaired) electrons. The molecule has 11 aromatic carbocycles. The van der Waals surface area contributed by atoms with Gasteiger partial charge in [0.15, 0.2) is 5.82 Å². The van der Waals surface area contributed by atoms with E-state index in [4.69, 9.17) is 14.4 Å². The first-order valence-corrected chi connectivity index (χ1v) is 26.6. The van der Waals surface area contributed by atoms with Crippen molar-refractivity contribution < 1.29 is 4.42 Å². The minimum absolute atomic E-state index is 0.483. The summed E-state index contributed by atoms with van der Waals surface area (Å²) in [6.45, 7) is 0. The number of hydrogen-bond donors (Lipinski definition) is 0. The lowest BCUT2D eigenvalue weighted by Gasteiger charge is -2.19.